The largest absolute Gasteiger partial charge is 0.335 e. The molecule has 7 nitrogen and oxygen atoms in total. The molecule has 7 heteroatoms. The molecule has 0 aliphatic carbocycles. The lowest BCUT2D eigenvalue weighted by atomic mass is 10.1. The number of likely N-dealkylation sites (tertiary alicyclic amines) is 1. The fraction of sp³-hybridized carbons (Fsp3) is 0.533. The maximum atomic E-state index is 12.1. The van der Waals surface area contributed by atoms with Gasteiger partial charge in [0.25, 0.3) is 5.69 Å². The van der Waals surface area contributed by atoms with Gasteiger partial charge in [-0.15, -0.1) is 0 Å². The van der Waals surface area contributed by atoms with Crippen LogP contribution in [-0.4, -0.2) is 42.0 Å². The van der Waals surface area contributed by atoms with E-state index in [0.29, 0.717) is 16.8 Å². The lowest BCUT2D eigenvalue weighted by molar-refractivity contribution is -0.385. The molecule has 1 aromatic rings. The van der Waals surface area contributed by atoms with Crippen LogP contribution < -0.4 is 10.6 Å². The van der Waals surface area contributed by atoms with Gasteiger partial charge in [0, 0.05) is 23.4 Å². The lowest BCUT2D eigenvalue weighted by Gasteiger charge is -2.29. The van der Waals surface area contributed by atoms with E-state index in [1.807, 2.05) is 0 Å². The molecule has 0 spiro atoms. The van der Waals surface area contributed by atoms with Crippen LogP contribution >= 0.6 is 0 Å². The van der Waals surface area contributed by atoms with Gasteiger partial charge in [-0.25, -0.2) is 4.79 Å². The molecular formula is C15H22N4O3. The average molecular weight is 306 g/mol. The number of nitrogens with zero attached hydrogens (tertiary/aromatic N) is 2. The molecule has 22 heavy (non-hydrogen) atoms. The fourth-order valence-electron chi connectivity index (χ4n) is 2.63. The summed E-state index contributed by atoms with van der Waals surface area (Å²) in [5.41, 5.74) is 1.88. The Hall–Kier alpha value is -2.15. The first-order valence-electron chi connectivity index (χ1n) is 7.38. The number of carbonyl (C=O) groups excluding carboxylic acids is 1. The van der Waals surface area contributed by atoms with Gasteiger partial charge in [0.15, 0.2) is 0 Å². The third kappa shape index (κ3) is 3.94. The molecular weight excluding hydrogens is 284 g/mol. The molecule has 1 fully saturated rings. The van der Waals surface area contributed by atoms with E-state index >= 15 is 0 Å². The molecule has 0 bridgehead atoms. The highest BCUT2D eigenvalue weighted by Gasteiger charge is 2.19. The molecule has 2 rings (SSSR count). The van der Waals surface area contributed by atoms with Crippen LogP contribution in [0.5, 0.6) is 0 Å². The second-order valence-corrected chi connectivity index (χ2v) is 5.89. The number of amides is 2. The number of nitrogens with one attached hydrogen (secondary N) is 2. The van der Waals surface area contributed by atoms with Crippen molar-refractivity contribution in [2.24, 2.45) is 0 Å². The van der Waals surface area contributed by atoms with E-state index in [9.17, 15) is 14.9 Å². The van der Waals surface area contributed by atoms with Gasteiger partial charge < -0.3 is 15.5 Å². The number of hydrogen-bond donors (Lipinski definition) is 2. The molecule has 0 unspecified atom stereocenters. The molecule has 2 N–H and O–H groups in total. The van der Waals surface area contributed by atoms with Crippen molar-refractivity contribution in [1.82, 2.24) is 10.2 Å². The van der Waals surface area contributed by atoms with Crippen molar-refractivity contribution in [3.05, 3.63) is 33.4 Å². The van der Waals surface area contributed by atoms with Crippen molar-refractivity contribution in [1.29, 1.82) is 0 Å². The van der Waals surface area contributed by atoms with Crippen LogP contribution in [0.25, 0.3) is 0 Å². The fourth-order valence-corrected chi connectivity index (χ4v) is 2.63. The van der Waals surface area contributed by atoms with Gasteiger partial charge in [-0.3, -0.25) is 10.1 Å². The quantitative estimate of drug-likeness (QED) is 0.663. The third-order valence-electron chi connectivity index (χ3n) is 4.04. The SMILES string of the molecule is Cc1cc([N+](=O)[O-])c(C)cc1NC(=O)NC1CCN(C)CC1. The summed E-state index contributed by atoms with van der Waals surface area (Å²) in [5, 5.41) is 16.6. The van der Waals surface area contributed by atoms with Crippen molar-refractivity contribution in [2.45, 2.75) is 32.7 Å². The first-order valence-corrected chi connectivity index (χ1v) is 7.38. The number of benzene rings is 1. The summed E-state index contributed by atoms with van der Waals surface area (Å²) < 4.78 is 0. The molecule has 2 amide bonds. The van der Waals surface area contributed by atoms with Crippen LogP contribution in [0, 0.1) is 24.0 Å². The van der Waals surface area contributed by atoms with E-state index in [1.165, 1.54) is 6.07 Å². The van der Waals surface area contributed by atoms with Crippen molar-refractivity contribution in [3.8, 4) is 0 Å². The predicted octanol–water partition coefficient (Wildman–Crippen LogP) is 2.43. The van der Waals surface area contributed by atoms with Crippen LogP contribution in [0.2, 0.25) is 0 Å². The number of nitro groups is 1. The van der Waals surface area contributed by atoms with E-state index in [1.54, 1.807) is 19.9 Å². The molecule has 0 radical (unpaired) electrons. The summed E-state index contributed by atoms with van der Waals surface area (Å²) in [6.07, 6.45) is 1.87. The van der Waals surface area contributed by atoms with Crippen molar-refractivity contribution >= 4 is 17.4 Å². The topological polar surface area (TPSA) is 87.5 Å². The summed E-state index contributed by atoms with van der Waals surface area (Å²) in [7, 11) is 2.07. The predicted molar refractivity (Wildman–Crippen MR) is 85.2 cm³/mol. The standard InChI is InChI=1S/C15H22N4O3/c1-10-9-14(19(21)22)11(2)8-13(10)17-15(20)16-12-4-6-18(3)7-5-12/h8-9,12H,4-7H2,1-3H3,(H2,16,17,20). The molecule has 1 aliphatic heterocycles. The molecule has 1 saturated heterocycles. The second kappa shape index (κ2) is 6.74. The normalized spacial score (nSPS) is 16.3. The Kier molecular flexibility index (Phi) is 4.97. The van der Waals surface area contributed by atoms with E-state index in [2.05, 4.69) is 22.6 Å². The number of anilines is 1. The highest BCUT2D eigenvalue weighted by molar-refractivity contribution is 5.90. The smallest absolute Gasteiger partial charge is 0.319 e. The van der Waals surface area contributed by atoms with Gasteiger partial charge in [-0.1, -0.05) is 0 Å². The van der Waals surface area contributed by atoms with Gasteiger partial charge >= 0.3 is 6.03 Å². The number of hydrogen-bond acceptors (Lipinski definition) is 4. The monoisotopic (exact) mass is 306 g/mol. The van der Waals surface area contributed by atoms with Gasteiger partial charge in [-0.2, -0.15) is 0 Å². The number of rotatable bonds is 3. The number of nitro benzene ring substituents is 1. The summed E-state index contributed by atoms with van der Waals surface area (Å²) in [6.45, 7) is 5.36. The van der Waals surface area contributed by atoms with Crippen LogP contribution in [0.3, 0.4) is 0 Å². The summed E-state index contributed by atoms with van der Waals surface area (Å²) >= 11 is 0. The van der Waals surface area contributed by atoms with Crippen molar-refractivity contribution in [3.63, 3.8) is 0 Å². The number of aryl methyl sites for hydroxylation is 2. The van der Waals surface area contributed by atoms with Gasteiger partial charge in [0.2, 0.25) is 0 Å². The Morgan fingerprint density at radius 2 is 1.91 bits per heavy atom. The van der Waals surface area contributed by atoms with Gasteiger partial charge in [0.1, 0.15) is 0 Å². The van der Waals surface area contributed by atoms with E-state index in [-0.39, 0.29) is 17.8 Å². The number of carbonyl (C=O) groups is 1. The molecule has 0 saturated carbocycles. The zero-order chi connectivity index (χ0) is 16.3. The first-order chi connectivity index (χ1) is 10.4. The minimum atomic E-state index is -0.412. The number of urea groups is 1. The van der Waals surface area contributed by atoms with Crippen molar-refractivity contribution in [2.75, 3.05) is 25.5 Å². The van der Waals surface area contributed by atoms with Crippen molar-refractivity contribution < 1.29 is 9.72 Å². The Labute approximate surface area is 129 Å². The third-order valence-corrected chi connectivity index (χ3v) is 4.04. The lowest BCUT2D eigenvalue weighted by Crippen LogP contribution is -2.44. The van der Waals surface area contributed by atoms with Crippen LogP contribution in [0.4, 0.5) is 16.2 Å². The molecule has 1 aromatic carbocycles. The van der Waals surface area contributed by atoms with E-state index < -0.39 is 4.92 Å². The molecule has 0 aromatic heterocycles. The highest BCUT2D eigenvalue weighted by Crippen LogP contribution is 2.25. The summed E-state index contributed by atoms with van der Waals surface area (Å²) in [4.78, 5) is 24.8. The zero-order valence-electron chi connectivity index (χ0n) is 13.2. The Morgan fingerprint density at radius 1 is 1.27 bits per heavy atom. The van der Waals surface area contributed by atoms with Gasteiger partial charge in [0.05, 0.1) is 4.92 Å². The Balaban J connectivity index is 1.99. The minimum Gasteiger partial charge on any atom is -0.335 e. The second-order valence-electron chi connectivity index (χ2n) is 5.89. The Bertz CT molecular complexity index is 580. The molecule has 0 atom stereocenters. The van der Waals surface area contributed by atoms with Crippen LogP contribution in [0.15, 0.2) is 12.1 Å². The van der Waals surface area contributed by atoms with Crippen LogP contribution in [-0.2, 0) is 0 Å². The van der Waals surface area contributed by atoms with Crippen LogP contribution in [0.1, 0.15) is 24.0 Å². The maximum Gasteiger partial charge on any atom is 0.319 e. The molecule has 1 heterocycles. The number of piperidine rings is 1. The summed E-state index contributed by atoms with van der Waals surface area (Å²) in [5.74, 6) is 0. The molecule has 120 valence electrons. The maximum absolute atomic E-state index is 12.1. The van der Waals surface area contributed by atoms with Gasteiger partial charge in [-0.05, 0) is 58.5 Å². The molecule has 1 aliphatic rings. The van der Waals surface area contributed by atoms with E-state index in [4.69, 9.17) is 0 Å². The first kappa shape index (κ1) is 16.2. The minimum absolute atomic E-state index is 0.0683. The van der Waals surface area contributed by atoms with E-state index in [0.717, 1.165) is 25.9 Å². The summed E-state index contributed by atoms with van der Waals surface area (Å²) in [6, 6.07) is 3.05. The average Bonchev–Trinajstić information content (AvgIpc) is 2.44. The highest BCUT2D eigenvalue weighted by atomic mass is 16.6. The Morgan fingerprint density at radius 3 is 2.50 bits per heavy atom. The zero-order valence-corrected chi connectivity index (χ0v) is 13.2.